The standard InChI is InChI=1S/C30H36N4O3S3/c1-4-7-8-9-13-19-33-29(35)27(39-30(33)38)21-24-22-34(25-16-11-10-12-17-25)31-28(24)23-15-14-18-26(20-23)40(36,37)32(5-2)6-3/h10-12,14-18,20-22H,4-9,13,19H2,1-3H3/b27-21+. The van der Waals surface area contributed by atoms with E-state index >= 15 is 0 Å². The van der Waals surface area contributed by atoms with Gasteiger partial charge in [0, 0.05) is 37.0 Å². The Bertz CT molecular complexity index is 1480. The topological polar surface area (TPSA) is 75.5 Å². The molecule has 1 fully saturated rings. The Hall–Kier alpha value is -2.79. The number of carbonyl (C=O) groups excluding carboxylic acids is 1. The van der Waals surface area contributed by atoms with Gasteiger partial charge in [0.05, 0.1) is 15.5 Å². The number of hydrogen-bond acceptors (Lipinski definition) is 6. The molecule has 1 aliphatic rings. The molecule has 0 saturated carbocycles. The second kappa shape index (κ2) is 13.7. The van der Waals surface area contributed by atoms with E-state index in [4.69, 9.17) is 17.3 Å². The Morgan fingerprint density at radius 3 is 2.40 bits per heavy atom. The minimum absolute atomic E-state index is 0.0956. The van der Waals surface area contributed by atoms with E-state index in [2.05, 4.69) is 6.92 Å². The molecule has 0 spiro atoms. The molecule has 1 aliphatic heterocycles. The molecule has 1 aromatic heterocycles. The third-order valence-electron chi connectivity index (χ3n) is 6.86. The third kappa shape index (κ3) is 6.74. The Balaban J connectivity index is 1.71. The highest BCUT2D eigenvalue weighted by atomic mass is 32.2. The lowest BCUT2D eigenvalue weighted by Crippen LogP contribution is -2.30. The Morgan fingerprint density at radius 1 is 0.975 bits per heavy atom. The summed E-state index contributed by atoms with van der Waals surface area (Å²) in [6.45, 7) is 7.22. The van der Waals surface area contributed by atoms with Crippen molar-refractivity contribution in [2.75, 3.05) is 19.6 Å². The molecule has 4 rings (SSSR count). The van der Waals surface area contributed by atoms with Crippen LogP contribution in [0, 0.1) is 0 Å². The lowest BCUT2D eigenvalue weighted by molar-refractivity contribution is -0.122. The van der Waals surface area contributed by atoms with Gasteiger partial charge in [0.15, 0.2) is 0 Å². The first-order valence-electron chi connectivity index (χ1n) is 13.8. The van der Waals surface area contributed by atoms with Gasteiger partial charge in [-0.2, -0.15) is 9.40 Å². The molecule has 212 valence electrons. The van der Waals surface area contributed by atoms with Gasteiger partial charge in [0.2, 0.25) is 10.0 Å². The monoisotopic (exact) mass is 596 g/mol. The molecule has 0 atom stereocenters. The maximum absolute atomic E-state index is 13.3. The van der Waals surface area contributed by atoms with Crippen molar-refractivity contribution in [3.63, 3.8) is 0 Å². The number of para-hydroxylation sites is 1. The normalized spacial score (nSPS) is 15.1. The summed E-state index contributed by atoms with van der Waals surface area (Å²) in [5.41, 5.74) is 2.81. The highest BCUT2D eigenvalue weighted by Gasteiger charge is 2.32. The Morgan fingerprint density at radius 2 is 1.70 bits per heavy atom. The van der Waals surface area contributed by atoms with Gasteiger partial charge in [0.1, 0.15) is 10.0 Å². The average molecular weight is 597 g/mol. The van der Waals surface area contributed by atoms with Gasteiger partial charge < -0.3 is 0 Å². The summed E-state index contributed by atoms with van der Waals surface area (Å²) in [7, 11) is -3.65. The lowest BCUT2D eigenvalue weighted by Gasteiger charge is -2.18. The SMILES string of the molecule is CCCCCCCN1C(=O)/C(=C\c2cn(-c3ccccc3)nc2-c2cccc(S(=O)(=O)N(CC)CC)c2)SC1=S. The summed E-state index contributed by atoms with van der Waals surface area (Å²) in [4.78, 5) is 15.8. The van der Waals surface area contributed by atoms with Crippen LogP contribution >= 0.6 is 24.0 Å². The van der Waals surface area contributed by atoms with Crippen LogP contribution in [0.2, 0.25) is 0 Å². The van der Waals surface area contributed by atoms with Crippen LogP contribution in [0.25, 0.3) is 23.0 Å². The molecule has 40 heavy (non-hydrogen) atoms. The molecule has 0 bridgehead atoms. The highest BCUT2D eigenvalue weighted by molar-refractivity contribution is 8.26. The molecule has 0 radical (unpaired) electrons. The fraction of sp³-hybridized carbons (Fsp3) is 0.367. The number of amides is 1. The van der Waals surface area contributed by atoms with Crippen LogP contribution < -0.4 is 0 Å². The molecule has 7 nitrogen and oxygen atoms in total. The van der Waals surface area contributed by atoms with Crippen molar-refractivity contribution in [1.82, 2.24) is 19.0 Å². The quantitative estimate of drug-likeness (QED) is 0.124. The molecular weight excluding hydrogens is 561 g/mol. The zero-order valence-electron chi connectivity index (χ0n) is 23.2. The second-order valence-electron chi connectivity index (χ2n) is 9.58. The largest absolute Gasteiger partial charge is 0.293 e. The number of rotatable bonds is 13. The average Bonchev–Trinajstić information content (AvgIpc) is 3.50. The van der Waals surface area contributed by atoms with Gasteiger partial charge in [0.25, 0.3) is 5.91 Å². The summed E-state index contributed by atoms with van der Waals surface area (Å²) >= 11 is 6.86. The number of hydrogen-bond donors (Lipinski definition) is 0. The van der Waals surface area contributed by atoms with Crippen LogP contribution in [-0.2, 0) is 14.8 Å². The van der Waals surface area contributed by atoms with E-state index in [9.17, 15) is 13.2 Å². The molecular formula is C30H36N4O3S3. The van der Waals surface area contributed by atoms with Gasteiger partial charge in [-0.25, -0.2) is 13.1 Å². The van der Waals surface area contributed by atoms with Gasteiger partial charge >= 0.3 is 0 Å². The summed E-state index contributed by atoms with van der Waals surface area (Å²) in [5, 5.41) is 4.84. The first-order chi connectivity index (χ1) is 19.3. The molecule has 0 N–H and O–H groups in total. The fourth-order valence-corrected chi connectivity index (χ4v) is 7.46. The highest BCUT2D eigenvalue weighted by Crippen LogP contribution is 2.35. The number of thioether (sulfide) groups is 1. The smallest absolute Gasteiger partial charge is 0.266 e. The molecule has 1 amide bonds. The van der Waals surface area contributed by atoms with E-state index in [1.807, 2.05) is 62.5 Å². The molecule has 0 unspecified atom stereocenters. The fourth-order valence-electron chi connectivity index (χ4n) is 4.65. The summed E-state index contributed by atoms with van der Waals surface area (Å²) in [6.07, 6.45) is 9.22. The van der Waals surface area contributed by atoms with Gasteiger partial charge in [-0.1, -0.05) is 101 Å². The van der Waals surface area contributed by atoms with Gasteiger partial charge in [-0.15, -0.1) is 0 Å². The lowest BCUT2D eigenvalue weighted by atomic mass is 10.1. The number of aromatic nitrogens is 2. The van der Waals surface area contributed by atoms with Crippen molar-refractivity contribution in [1.29, 1.82) is 0 Å². The predicted octanol–water partition coefficient (Wildman–Crippen LogP) is 6.74. The molecule has 0 aliphatic carbocycles. The number of unbranched alkanes of at least 4 members (excludes halogenated alkanes) is 4. The van der Waals surface area contributed by atoms with E-state index in [0.29, 0.717) is 45.7 Å². The first-order valence-corrected chi connectivity index (χ1v) is 16.5. The van der Waals surface area contributed by atoms with E-state index < -0.39 is 10.0 Å². The van der Waals surface area contributed by atoms with E-state index in [1.165, 1.54) is 28.9 Å². The number of benzene rings is 2. The van der Waals surface area contributed by atoms with E-state index in [1.54, 1.807) is 27.8 Å². The molecule has 10 heteroatoms. The minimum atomic E-state index is -3.65. The van der Waals surface area contributed by atoms with Crippen LogP contribution in [0.1, 0.15) is 58.4 Å². The molecule has 2 aromatic carbocycles. The number of thiocarbonyl (C=S) groups is 1. The third-order valence-corrected chi connectivity index (χ3v) is 10.3. The second-order valence-corrected chi connectivity index (χ2v) is 13.2. The van der Waals surface area contributed by atoms with E-state index in [0.717, 1.165) is 24.9 Å². The Labute approximate surface area is 247 Å². The van der Waals surface area contributed by atoms with Crippen LogP contribution in [0.3, 0.4) is 0 Å². The minimum Gasteiger partial charge on any atom is -0.293 e. The number of carbonyl (C=O) groups is 1. The zero-order valence-corrected chi connectivity index (χ0v) is 25.7. The summed E-state index contributed by atoms with van der Waals surface area (Å²) in [5.74, 6) is -0.0956. The number of sulfonamides is 1. The maximum Gasteiger partial charge on any atom is 0.266 e. The maximum atomic E-state index is 13.3. The van der Waals surface area contributed by atoms with Crippen molar-refractivity contribution in [2.24, 2.45) is 0 Å². The molecule has 3 aromatic rings. The van der Waals surface area contributed by atoms with E-state index in [-0.39, 0.29) is 10.8 Å². The van der Waals surface area contributed by atoms with Crippen molar-refractivity contribution in [3.8, 4) is 16.9 Å². The van der Waals surface area contributed by atoms with Gasteiger partial charge in [-0.3, -0.25) is 9.69 Å². The Kier molecular flexibility index (Phi) is 10.3. The molecule has 1 saturated heterocycles. The van der Waals surface area contributed by atoms with Crippen LogP contribution in [-0.4, -0.2) is 57.3 Å². The summed E-state index contributed by atoms with van der Waals surface area (Å²) < 4.78 is 30.2. The molecule has 2 heterocycles. The van der Waals surface area contributed by atoms with Crippen LogP contribution in [0.15, 0.2) is 70.6 Å². The van der Waals surface area contributed by atoms with Crippen molar-refractivity contribution >= 4 is 50.3 Å². The van der Waals surface area contributed by atoms with Gasteiger partial charge in [-0.05, 0) is 36.8 Å². The van der Waals surface area contributed by atoms with Crippen LogP contribution in [0.4, 0.5) is 0 Å². The predicted molar refractivity (Wildman–Crippen MR) is 168 cm³/mol. The number of nitrogens with zero attached hydrogens (tertiary/aromatic N) is 4. The van der Waals surface area contributed by atoms with Crippen molar-refractivity contribution in [2.45, 2.75) is 57.8 Å². The summed E-state index contributed by atoms with van der Waals surface area (Å²) in [6, 6.07) is 16.5. The van der Waals surface area contributed by atoms with Crippen molar-refractivity contribution < 1.29 is 13.2 Å². The van der Waals surface area contributed by atoms with Crippen molar-refractivity contribution in [3.05, 3.63) is 71.3 Å². The first kappa shape index (κ1) is 30.2. The zero-order chi connectivity index (χ0) is 28.7. The van der Waals surface area contributed by atoms with Crippen LogP contribution in [0.5, 0.6) is 0 Å².